The molecule has 0 N–H and O–H groups in total. The molecule has 1 aromatic rings. The molecule has 2 heterocycles. The van der Waals surface area contributed by atoms with Gasteiger partial charge in [-0.15, -0.1) is 11.6 Å². The standard InChI is InChI=1S/C20H24ClN3O4/c1-13(24-17(26)14-6-4-5-7-15(14)18(24)27)16(25)22-8-10-23(11-9-22)19(28)20(2,3)12-21/h4-7,13H,8-12H2,1-3H3. The van der Waals surface area contributed by atoms with Gasteiger partial charge in [-0.3, -0.25) is 24.1 Å². The summed E-state index contributed by atoms with van der Waals surface area (Å²) < 4.78 is 0. The van der Waals surface area contributed by atoms with Crippen molar-refractivity contribution >= 4 is 35.2 Å². The van der Waals surface area contributed by atoms with Crippen molar-refractivity contribution in [1.82, 2.24) is 14.7 Å². The van der Waals surface area contributed by atoms with Crippen LogP contribution in [0, 0.1) is 5.41 Å². The Kier molecular flexibility index (Phi) is 5.48. The Hall–Kier alpha value is -2.41. The molecule has 1 aromatic carbocycles. The van der Waals surface area contributed by atoms with Gasteiger partial charge in [-0.25, -0.2) is 0 Å². The highest BCUT2D eigenvalue weighted by Gasteiger charge is 2.42. The van der Waals surface area contributed by atoms with Gasteiger partial charge in [-0.05, 0) is 32.9 Å². The second kappa shape index (κ2) is 7.54. The van der Waals surface area contributed by atoms with Gasteiger partial charge in [0.25, 0.3) is 11.8 Å². The van der Waals surface area contributed by atoms with E-state index in [-0.39, 0.29) is 17.7 Å². The summed E-state index contributed by atoms with van der Waals surface area (Å²) in [4.78, 5) is 55.0. The molecule has 1 fully saturated rings. The van der Waals surface area contributed by atoms with E-state index in [4.69, 9.17) is 11.6 Å². The summed E-state index contributed by atoms with van der Waals surface area (Å²) in [5.74, 6) is -0.999. The van der Waals surface area contributed by atoms with Gasteiger partial charge >= 0.3 is 0 Å². The zero-order chi connectivity index (χ0) is 20.6. The number of hydrogen-bond donors (Lipinski definition) is 0. The number of nitrogens with zero attached hydrogens (tertiary/aromatic N) is 3. The molecule has 0 bridgehead atoms. The number of fused-ring (bicyclic) bond motifs is 1. The van der Waals surface area contributed by atoms with Gasteiger partial charge in [-0.1, -0.05) is 12.1 Å². The molecule has 1 saturated heterocycles. The smallest absolute Gasteiger partial charge is 0.262 e. The van der Waals surface area contributed by atoms with Crippen LogP contribution in [0.1, 0.15) is 41.5 Å². The number of alkyl halides is 1. The molecule has 1 unspecified atom stereocenters. The van der Waals surface area contributed by atoms with Crippen LogP contribution in [0.2, 0.25) is 0 Å². The molecule has 3 rings (SSSR count). The third-order valence-electron chi connectivity index (χ3n) is 5.36. The third kappa shape index (κ3) is 3.39. The van der Waals surface area contributed by atoms with Crippen LogP contribution in [0.5, 0.6) is 0 Å². The first kappa shape index (κ1) is 20.3. The Balaban J connectivity index is 1.65. The largest absolute Gasteiger partial charge is 0.339 e. The monoisotopic (exact) mass is 405 g/mol. The van der Waals surface area contributed by atoms with Crippen molar-refractivity contribution in [1.29, 1.82) is 0 Å². The minimum absolute atomic E-state index is 0.0389. The number of carbonyl (C=O) groups is 4. The minimum Gasteiger partial charge on any atom is -0.339 e. The average Bonchev–Trinajstić information content (AvgIpc) is 2.97. The molecule has 8 heteroatoms. The summed E-state index contributed by atoms with van der Waals surface area (Å²) >= 11 is 5.88. The van der Waals surface area contributed by atoms with Gasteiger partial charge < -0.3 is 9.80 Å². The van der Waals surface area contributed by atoms with Crippen molar-refractivity contribution in [3.05, 3.63) is 35.4 Å². The lowest BCUT2D eigenvalue weighted by molar-refractivity contribution is -0.145. The van der Waals surface area contributed by atoms with E-state index < -0.39 is 23.3 Å². The third-order valence-corrected chi connectivity index (χ3v) is 6.03. The first-order chi connectivity index (χ1) is 13.2. The Bertz CT molecular complexity index is 795. The van der Waals surface area contributed by atoms with E-state index in [1.807, 2.05) is 0 Å². The number of rotatable bonds is 4. The highest BCUT2D eigenvalue weighted by Crippen LogP contribution is 2.26. The molecule has 0 spiro atoms. The van der Waals surface area contributed by atoms with Crippen molar-refractivity contribution in [2.45, 2.75) is 26.8 Å². The number of carbonyl (C=O) groups excluding carboxylic acids is 4. The fourth-order valence-corrected chi connectivity index (χ4v) is 3.66. The first-order valence-electron chi connectivity index (χ1n) is 9.30. The first-order valence-corrected chi connectivity index (χ1v) is 9.83. The maximum Gasteiger partial charge on any atom is 0.262 e. The Morgan fingerprint density at radius 1 is 1.00 bits per heavy atom. The van der Waals surface area contributed by atoms with Crippen LogP contribution in [-0.2, 0) is 9.59 Å². The van der Waals surface area contributed by atoms with Crippen molar-refractivity contribution in [2.75, 3.05) is 32.1 Å². The van der Waals surface area contributed by atoms with Crippen molar-refractivity contribution in [3.8, 4) is 0 Å². The molecule has 2 aliphatic rings. The van der Waals surface area contributed by atoms with Crippen molar-refractivity contribution < 1.29 is 19.2 Å². The van der Waals surface area contributed by atoms with E-state index in [1.54, 1.807) is 54.8 Å². The zero-order valence-electron chi connectivity index (χ0n) is 16.3. The molecule has 150 valence electrons. The van der Waals surface area contributed by atoms with E-state index in [1.165, 1.54) is 0 Å². The molecule has 7 nitrogen and oxygen atoms in total. The molecular weight excluding hydrogens is 382 g/mol. The van der Waals surface area contributed by atoms with Crippen LogP contribution in [-0.4, -0.2) is 76.4 Å². The minimum atomic E-state index is -0.895. The Morgan fingerprint density at radius 2 is 1.46 bits per heavy atom. The normalized spacial score (nSPS) is 18.4. The molecule has 4 amide bonds. The Labute approximate surface area is 169 Å². The molecule has 0 aliphatic carbocycles. The highest BCUT2D eigenvalue weighted by molar-refractivity contribution is 6.22. The number of halogens is 1. The van der Waals surface area contributed by atoms with Gasteiger partial charge in [0, 0.05) is 32.1 Å². The second-order valence-electron chi connectivity index (χ2n) is 7.84. The quantitative estimate of drug-likeness (QED) is 0.563. The predicted molar refractivity (Wildman–Crippen MR) is 104 cm³/mol. The van der Waals surface area contributed by atoms with Gasteiger partial charge in [-0.2, -0.15) is 0 Å². The van der Waals surface area contributed by atoms with Gasteiger partial charge in [0.1, 0.15) is 6.04 Å². The second-order valence-corrected chi connectivity index (χ2v) is 8.10. The summed E-state index contributed by atoms with van der Waals surface area (Å²) in [7, 11) is 0. The summed E-state index contributed by atoms with van der Waals surface area (Å²) in [6.45, 7) is 6.68. The van der Waals surface area contributed by atoms with Crippen molar-refractivity contribution in [3.63, 3.8) is 0 Å². The molecule has 0 radical (unpaired) electrons. The molecule has 1 atom stereocenters. The molecule has 0 saturated carbocycles. The van der Waals surface area contributed by atoms with Gasteiger partial charge in [0.2, 0.25) is 11.8 Å². The number of benzene rings is 1. The summed E-state index contributed by atoms with van der Waals surface area (Å²) in [5, 5.41) is 0. The summed E-state index contributed by atoms with van der Waals surface area (Å²) in [5.41, 5.74) is -0.00183. The van der Waals surface area contributed by atoms with Gasteiger partial charge in [0.15, 0.2) is 0 Å². The lowest BCUT2D eigenvalue weighted by atomic mass is 9.94. The lowest BCUT2D eigenvalue weighted by Crippen LogP contribution is -2.57. The van der Waals surface area contributed by atoms with E-state index in [0.29, 0.717) is 37.3 Å². The van der Waals surface area contributed by atoms with Gasteiger partial charge in [0.05, 0.1) is 16.5 Å². The van der Waals surface area contributed by atoms with Crippen molar-refractivity contribution in [2.24, 2.45) is 5.41 Å². The molecule has 2 aliphatic heterocycles. The van der Waals surface area contributed by atoms with Crippen LogP contribution in [0.3, 0.4) is 0 Å². The fraction of sp³-hybridized carbons (Fsp3) is 0.500. The van der Waals surface area contributed by atoms with Crippen LogP contribution >= 0.6 is 11.6 Å². The Morgan fingerprint density at radius 3 is 1.93 bits per heavy atom. The number of imide groups is 1. The maximum absolute atomic E-state index is 12.9. The van der Waals surface area contributed by atoms with Crippen LogP contribution in [0.15, 0.2) is 24.3 Å². The highest BCUT2D eigenvalue weighted by atomic mass is 35.5. The maximum atomic E-state index is 12.9. The SMILES string of the molecule is CC(C(=O)N1CCN(C(=O)C(C)(C)CCl)CC1)N1C(=O)c2ccccc2C1=O. The van der Waals surface area contributed by atoms with E-state index in [2.05, 4.69) is 0 Å². The fourth-order valence-electron chi connectivity index (χ4n) is 3.55. The zero-order valence-corrected chi connectivity index (χ0v) is 17.0. The molecular formula is C20H24ClN3O4. The molecule has 28 heavy (non-hydrogen) atoms. The summed E-state index contributed by atoms with van der Waals surface area (Å²) in [6, 6.07) is 5.68. The number of hydrogen-bond acceptors (Lipinski definition) is 4. The topological polar surface area (TPSA) is 78.0 Å². The van der Waals surface area contributed by atoms with Crippen LogP contribution < -0.4 is 0 Å². The van der Waals surface area contributed by atoms with E-state index in [9.17, 15) is 19.2 Å². The predicted octanol–water partition coefficient (Wildman–Crippen LogP) is 1.61. The average molecular weight is 406 g/mol. The number of amides is 4. The van der Waals surface area contributed by atoms with E-state index >= 15 is 0 Å². The van der Waals surface area contributed by atoms with Crippen LogP contribution in [0.25, 0.3) is 0 Å². The van der Waals surface area contributed by atoms with E-state index in [0.717, 1.165) is 4.90 Å². The molecule has 0 aromatic heterocycles. The summed E-state index contributed by atoms with van der Waals surface area (Å²) in [6.07, 6.45) is 0. The number of piperazine rings is 1. The van der Waals surface area contributed by atoms with Crippen LogP contribution in [0.4, 0.5) is 0 Å². The lowest BCUT2D eigenvalue weighted by Gasteiger charge is -2.39.